The molecule has 0 spiro atoms. The summed E-state index contributed by atoms with van der Waals surface area (Å²) in [5.41, 5.74) is 2.24. The molecule has 1 unspecified atom stereocenters. The lowest BCUT2D eigenvalue weighted by Crippen LogP contribution is -2.37. The first-order valence-electron chi connectivity index (χ1n) is 10.2. The molecule has 30 heavy (non-hydrogen) atoms. The Morgan fingerprint density at radius 1 is 1.33 bits per heavy atom. The van der Waals surface area contributed by atoms with Crippen molar-refractivity contribution < 1.29 is 19.4 Å². The highest BCUT2D eigenvalue weighted by Crippen LogP contribution is 2.32. The number of aromatic nitrogens is 1. The van der Waals surface area contributed by atoms with Gasteiger partial charge in [0, 0.05) is 24.0 Å². The zero-order valence-corrected chi connectivity index (χ0v) is 18.2. The van der Waals surface area contributed by atoms with Crippen LogP contribution in [0.4, 0.5) is 15.4 Å². The fourth-order valence-corrected chi connectivity index (χ4v) is 3.73. The van der Waals surface area contributed by atoms with E-state index in [0.29, 0.717) is 19.5 Å². The van der Waals surface area contributed by atoms with Gasteiger partial charge in [-0.3, -0.25) is 0 Å². The monoisotopic (exact) mass is 414 g/mol. The van der Waals surface area contributed by atoms with Crippen molar-refractivity contribution in [1.82, 2.24) is 15.6 Å². The lowest BCUT2D eigenvalue weighted by Gasteiger charge is -2.26. The Bertz CT molecular complexity index is 954. The summed E-state index contributed by atoms with van der Waals surface area (Å²) in [6.45, 7) is 10.6. The third-order valence-corrected chi connectivity index (χ3v) is 5.07. The summed E-state index contributed by atoms with van der Waals surface area (Å²) in [5, 5.41) is 15.5. The van der Waals surface area contributed by atoms with E-state index >= 15 is 0 Å². The van der Waals surface area contributed by atoms with Gasteiger partial charge in [-0.25, -0.2) is 14.6 Å². The fraction of sp³-hybridized carbons (Fsp3) is 0.500. The highest BCUT2D eigenvalue weighted by atomic mass is 16.6. The number of hydrogen-bond donors (Lipinski definition) is 3. The number of nitrogens with zero attached hydrogens (tertiary/aromatic N) is 2. The number of benzene rings is 1. The van der Waals surface area contributed by atoms with Crippen molar-refractivity contribution in [3.63, 3.8) is 0 Å². The molecule has 0 aliphatic carbocycles. The highest BCUT2D eigenvalue weighted by molar-refractivity contribution is 5.85. The van der Waals surface area contributed by atoms with Gasteiger partial charge < -0.3 is 25.4 Å². The van der Waals surface area contributed by atoms with Gasteiger partial charge in [0.2, 0.25) is 0 Å². The third kappa shape index (κ3) is 5.11. The minimum atomic E-state index is -1.02. The van der Waals surface area contributed by atoms with Gasteiger partial charge in [0.25, 0.3) is 0 Å². The molecule has 2 atom stereocenters. The largest absolute Gasteiger partial charge is 0.465 e. The van der Waals surface area contributed by atoms with Crippen LogP contribution in [0.2, 0.25) is 0 Å². The summed E-state index contributed by atoms with van der Waals surface area (Å²) in [6.07, 6.45) is -0.811. The fourth-order valence-electron chi connectivity index (χ4n) is 3.73. The van der Waals surface area contributed by atoms with Crippen LogP contribution in [0.5, 0.6) is 0 Å². The Balaban J connectivity index is 1.94. The SMILES string of the molecule is Cc1cccc2cc([C@H](C)NC(=O)OC(C)(C)C)c(N3CCC(NC(=O)O)C3)nc12. The van der Waals surface area contributed by atoms with Crippen LogP contribution in [0.3, 0.4) is 0 Å². The zero-order chi connectivity index (χ0) is 22.1. The number of rotatable bonds is 4. The van der Waals surface area contributed by atoms with Crippen molar-refractivity contribution in [1.29, 1.82) is 0 Å². The maximum Gasteiger partial charge on any atom is 0.408 e. The molecular formula is C22H30N4O4. The molecule has 3 N–H and O–H groups in total. The number of aryl methyl sites for hydroxylation is 1. The average molecular weight is 415 g/mol. The number of para-hydroxylation sites is 1. The van der Waals surface area contributed by atoms with Crippen molar-refractivity contribution in [2.24, 2.45) is 0 Å². The van der Waals surface area contributed by atoms with Gasteiger partial charge >= 0.3 is 12.2 Å². The smallest absolute Gasteiger partial charge is 0.408 e. The summed E-state index contributed by atoms with van der Waals surface area (Å²) in [6, 6.07) is 7.56. The first-order chi connectivity index (χ1) is 14.0. The first kappa shape index (κ1) is 21.7. The van der Waals surface area contributed by atoms with Crippen molar-refractivity contribution in [2.75, 3.05) is 18.0 Å². The van der Waals surface area contributed by atoms with E-state index in [-0.39, 0.29) is 12.1 Å². The molecule has 1 aliphatic heterocycles. The van der Waals surface area contributed by atoms with E-state index in [2.05, 4.69) is 15.5 Å². The average Bonchev–Trinajstić information content (AvgIpc) is 3.07. The van der Waals surface area contributed by atoms with E-state index in [4.69, 9.17) is 14.8 Å². The van der Waals surface area contributed by atoms with Crippen LogP contribution >= 0.6 is 0 Å². The predicted molar refractivity (Wildman–Crippen MR) is 116 cm³/mol. The Kier molecular flexibility index (Phi) is 6.05. The number of carbonyl (C=O) groups is 2. The highest BCUT2D eigenvalue weighted by Gasteiger charge is 2.29. The predicted octanol–water partition coefficient (Wildman–Crippen LogP) is 3.98. The van der Waals surface area contributed by atoms with Crippen molar-refractivity contribution in [2.45, 2.75) is 58.7 Å². The lowest BCUT2D eigenvalue weighted by molar-refractivity contribution is 0.0508. The molecule has 8 heteroatoms. The number of pyridine rings is 1. The number of amides is 2. The summed E-state index contributed by atoms with van der Waals surface area (Å²) in [7, 11) is 0. The topological polar surface area (TPSA) is 104 Å². The molecule has 1 saturated heterocycles. The Labute approximate surface area is 176 Å². The summed E-state index contributed by atoms with van der Waals surface area (Å²) in [4.78, 5) is 30.4. The molecule has 2 amide bonds. The molecule has 0 saturated carbocycles. The number of ether oxygens (including phenoxy) is 1. The molecule has 0 radical (unpaired) electrons. The molecule has 2 aromatic rings. The molecular weight excluding hydrogens is 384 g/mol. The second-order valence-corrected chi connectivity index (χ2v) is 8.80. The number of nitrogens with one attached hydrogen (secondary N) is 2. The van der Waals surface area contributed by atoms with Gasteiger partial charge in [0.05, 0.1) is 17.6 Å². The Hall–Kier alpha value is -3.03. The van der Waals surface area contributed by atoms with Gasteiger partial charge in [0.15, 0.2) is 0 Å². The number of carboxylic acid groups (broad SMARTS) is 1. The number of carbonyl (C=O) groups excluding carboxylic acids is 1. The maximum atomic E-state index is 12.3. The molecule has 1 fully saturated rings. The molecule has 0 bridgehead atoms. The molecule has 3 rings (SSSR count). The number of anilines is 1. The molecule has 2 heterocycles. The van der Waals surface area contributed by atoms with Gasteiger partial charge in [-0.15, -0.1) is 0 Å². The van der Waals surface area contributed by atoms with Crippen LogP contribution < -0.4 is 15.5 Å². The van der Waals surface area contributed by atoms with E-state index in [1.54, 1.807) is 0 Å². The van der Waals surface area contributed by atoms with E-state index in [1.807, 2.05) is 58.9 Å². The molecule has 1 aromatic carbocycles. The van der Waals surface area contributed by atoms with Gasteiger partial charge in [0.1, 0.15) is 11.4 Å². The van der Waals surface area contributed by atoms with E-state index in [1.165, 1.54) is 0 Å². The minimum Gasteiger partial charge on any atom is -0.465 e. The quantitative estimate of drug-likeness (QED) is 0.699. The maximum absolute atomic E-state index is 12.3. The van der Waals surface area contributed by atoms with Crippen LogP contribution in [-0.2, 0) is 4.74 Å². The van der Waals surface area contributed by atoms with Gasteiger partial charge in [-0.2, -0.15) is 0 Å². The summed E-state index contributed by atoms with van der Waals surface area (Å²) in [5.74, 6) is 0.759. The van der Waals surface area contributed by atoms with Gasteiger partial charge in [-0.1, -0.05) is 18.2 Å². The van der Waals surface area contributed by atoms with Crippen LogP contribution in [0.25, 0.3) is 10.9 Å². The first-order valence-corrected chi connectivity index (χ1v) is 10.2. The summed E-state index contributed by atoms with van der Waals surface area (Å²) < 4.78 is 5.40. The van der Waals surface area contributed by atoms with Crippen LogP contribution in [0, 0.1) is 6.92 Å². The van der Waals surface area contributed by atoms with Crippen molar-refractivity contribution >= 4 is 28.9 Å². The molecule has 1 aromatic heterocycles. The number of fused-ring (bicyclic) bond motifs is 1. The lowest BCUT2D eigenvalue weighted by atomic mass is 10.0. The van der Waals surface area contributed by atoms with Crippen molar-refractivity contribution in [3.05, 3.63) is 35.4 Å². The summed E-state index contributed by atoms with van der Waals surface area (Å²) >= 11 is 0. The minimum absolute atomic E-state index is 0.154. The Morgan fingerprint density at radius 3 is 2.73 bits per heavy atom. The van der Waals surface area contributed by atoms with Crippen LogP contribution in [0.15, 0.2) is 24.3 Å². The second-order valence-electron chi connectivity index (χ2n) is 8.80. The van der Waals surface area contributed by atoms with E-state index < -0.39 is 17.8 Å². The van der Waals surface area contributed by atoms with E-state index in [0.717, 1.165) is 27.8 Å². The van der Waals surface area contributed by atoms with Crippen LogP contribution in [0.1, 0.15) is 51.3 Å². The molecule has 1 aliphatic rings. The van der Waals surface area contributed by atoms with Gasteiger partial charge in [-0.05, 0) is 52.7 Å². The van der Waals surface area contributed by atoms with E-state index in [9.17, 15) is 9.59 Å². The van der Waals surface area contributed by atoms with Crippen LogP contribution in [-0.4, -0.2) is 47.0 Å². The number of alkyl carbamates (subject to hydrolysis) is 1. The second kappa shape index (κ2) is 8.38. The van der Waals surface area contributed by atoms with Crippen molar-refractivity contribution in [3.8, 4) is 0 Å². The molecule has 162 valence electrons. The zero-order valence-electron chi connectivity index (χ0n) is 18.2. The normalized spacial score (nSPS) is 17.6. The standard InChI is InChI=1S/C22H30N4O4/c1-13-7-6-8-15-11-17(14(2)23-21(29)30-22(3,4)5)19(25-18(13)15)26-10-9-16(12-26)24-20(27)28/h6-8,11,14,16,24H,9-10,12H2,1-5H3,(H,23,29)(H,27,28)/t14-,16?/m0/s1. The number of hydrogen-bond acceptors (Lipinski definition) is 5. The molecule has 8 nitrogen and oxygen atoms in total. The Morgan fingerprint density at radius 2 is 2.07 bits per heavy atom. The third-order valence-electron chi connectivity index (χ3n) is 5.07.